The van der Waals surface area contributed by atoms with E-state index in [1.165, 1.54) is 6.92 Å². The van der Waals surface area contributed by atoms with Crippen LogP contribution in [0.25, 0.3) is 10.8 Å². The molecule has 0 aliphatic rings. The van der Waals surface area contributed by atoms with E-state index in [1.807, 2.05) is 30.3 Å². The number of rotatable bonds is 9. The van der Waals surface area contributed by atoms with Crippen LogP contribution in [0.5, 0.6) is 11.5 Å². The van der Waals surface area contributed by atoms with E-state index in [9.17, 15) is 9.59 Å². The number of hydrogen-bond acceptors (Lipinski definition) is 4. The average Bonchev–Trinajstić information content (AvgIpc) is 2.75. The standard InChI is InChI=1S/C24H25NO4/c1-17(26)19-7-10-22(11-8-19)29-13-3-4-24(27)25-16-18-5-6-21-15-23(28-2)12-9-20(21)14-18/h5-12,14-15H,3-4,13,16H2,1-2H3,(H,25,27). The zero-order valence-electron chi connectivity index (χ0n) is 16.7. The van der Waals surface area contributed by atoms with Gasteiger partial charge in [0.1, 0.15) is 11.5 Å². The summed E-state index contributed by atoms with van der Waals surface area (Å²) in [7, 11) is 1.65. The van der Waals surface area contributed by atoms with Crippen LogP contribution in [0.15, 0.2) is 60.7 Å². The Morgan fingerprint density at radius 2 is 1.59 bits per heavy atom. The molecule has 1 amide bonds. The topological polar surface area (TPSA) is 64.6 Å². The molecular weight excluding hydrogens is 366 g/mol. The maximum absolute atomic E-state index is 12.1. The van der Waals surface area contributed by atoms with Crippen LogP contribution in [-0.4, -0.2) is 25.4 Å². The van der Waals surface area contributed by atoms with Gasteiger partial charge in [0.05, 0.1) is 13.7 Å². The summed E-state index contributed by atoms with van der Waals surface area (Å²) in [4.78, 5) is 23.3. The Morgan fingerprint density at radius 3 is 2.31 bits per heavy atom. The Kier molecular flexibility index (Phi) is 6.85. The van der Waals surface area contributed by atoms with Gasteiger partial charge in [-0.15, -0.1) is 0 Å². The van der Waals surface area contributed by atoms with Crippen molar-refractivity contribution < 1.29 is 19.1 Å². The number of carbonyl (C=O) groups excluding carboxylic acids is 2. The summed E-state index contributed by atoms with van der Waals surface area (Å²) in [6, 6.07) is 19.1. The number of carbonyl (C=O) groups is 2. The van der Waals surface area contributed by atoms with E-state index in [1.54, 1.807) is 31.4 Å². The monoisotopic (exact) mass is 391 g/mol. The second kappa shape index (κ2) is 9.73. The van der Waals surface area contributed by atoms with Crippen molar-refractivity contribution in [2.75, 3.05) is 13.7 Å². The van der Waals surface area contributed by atoms with Crippen LogP contribution >= 0.6 is 0 Å². The molecule has 0 atom stereocenters. The highest BCUT2D eigenvalue weighted by Crippen LogP contribution is 2.21. The molecule has 0 radical (unpaired) electrons. The lowest BCUT2D eigenvalue weighted by atomic mass is 10.1. The minimum absolute atomic E-state index is 0.00430. The van der Waals surface area contributed by atoms with Gasteiger partial charge in [-0.25, -0.2) is 0 Å². The molecule has 5 nitrogen and oxygen atoms in total. The van der Waals surface area contributed by atoms with Crippen LogP contribution in [0.1, 0.15) is 35.7 Å². The van der Waals surface area contributed by atoms with Crippen molar-refractivity contribution >= 4 is 22.5 Å². The van der Waals surface area contributed by atoms with Gasteiger partial charge < -0.3 is 14.8 Å². The van der Waals surface area contributed by atoms with Crippen molar-refractivity contribution in [1.82, 2.24) is 5.32 Å². The van der Waals surface area contributed by atoms with Crippen LogP contribution in [0.3, 0.4) is 0 Å². The van der Waals surface area contributed by atoms with Gasteiger partial charge in [0.25, 0.3) is 0 Å². The van der Waals surface area contributed by atoms with E-state index in [4.69, 9.17) is 9.47 Å². The molecule has 3 aromatic carbocycles. The summed E-state index contributed by atoms with van der Waals surface area (Å²) in [5, 5.41) is 5.17. The molecule has 0 bridgehead atoms. The van der Waals surface area contributed by atoms with Crippen molar-refractivity contribution in [1.29, 1.82) is 0 Å². The number of Topliss-reactive ketones (excluding diaryl/α,β-unsaturated/α-hetero) is 1. The first kappa shape index (κ1) is 20.4. The highest BCUT2D eigenvalue weighted by molar-refractivity contribution is 5.94. The van der Waals surface area contributed by atoms with Crippen LogP contribution in [-0.2, 0) is 11.3 Å². The number of ether oxygens (including phenoxy) is 2. The molecule has 0 aliphatic heterocycles. The number of benzene rings is 3. The quantitative estimate of drug-likeness (QED) is 0.430. The minimum atomic E-state index is -0.00430. The molecule has 150 valence electrons. The number of nitrogens with one attached hydrogen (secondary N) is 1. The summed E-state index contributed by atoms with van der Waals surface area (Å²) in [5.41, 5.74) is 1.71. The smallest absolute Gasteiger partial charge is 0.220 e. The van der Waals surface area contributed by atoms with E-state index in [0.717, 1.165) is 22.1 Å². The maximum Gasteiger partial charge on any atom is 0.220 e. The number of amides is 1. The van der Waals surface area contributed by atoms with Gasteiger partial charge >= 0.3 is 0 Å². The largest absolute Gasteiger partial charge is 0.497 e. The molecule has 0 fully saturated rings. The molecule has 0 saturated heterocycles. The lowest BCUT2D eigenvalue weighted by molar-refractivity contribution is -0.121. The number of ketones is 1. The fourth-order valence-electron chi connectivity index (χ4n) is 3.01. The van der Waals surface area contributed by atoms with Crippen LogP contribution in [0.4, 0.5) is 0 Å². The van der Waals surface area contributed by atoms with Gasteiger partial charge in [-0.05, 0) is 72.1 Å². The molecular formula is C24H25NO4. The van der Waals surface area contributed by atoms with Crippen molar-refractivity contribution in [2.24, 2.45) is 0 Å². The molecule has 29 heavy (non-hydrogen) atoms. The Balaban J connectivity index is 1.40. The number of hydrogen-bond donors (Lipinski definition) is 1. The van der Waals surface area contributed by atoms with Gasteiger partial charge in [-0.3, -0.25) is 9.59 Å². The molecule has 0 aliphatic carbocycles. The number of fused-ring (bicyclic) bond motifs is 1. The second-order valence-electron chi connectivity index (χ2n) is 6.86. The zero-order valence-corrected chi connectivity index (χ0v) is 16.7. The van der Waals surface area contributed by atoms with E-state index in [2.05, 4.69) is 11.4 Å². The van der Waals surface area contributed by atoms with Crippen molar-refractivity contribution in [3.05, 3.63) is 71.8 Å². The molecule has 1 N–H and O–H groups in total. The summed E-state index contributed by atoms with van der Waals surface area (Å²) in [5.74, 6) is 1.55. The summed E-state index contributed by atoms with van der Waals surface area (Å²) < 4.78 is 10.9. The fourth-order valence-corrected chi connectivity index (χ4v) is 3.01. The fraction of sp³-hybridized carbons (Fsp3) is 0.250. The summed E-state index contributed by atoms with van der Waals surface area (Å²) in [6.07, 6.45) is 1.02. The Morgan fingerprint density at radius 1 is 0.897 bits per heavy atom. The van der Waals surface area contributed by atoms with E-state index in [0.29, 0.717) is 37.3 Å². The first-order valence-corrected chi connectivity index (χ1v) is 9.62. The van der Waals surface area contributed by atoms with Crippen molar-refractivity contribution in [2.45, 2.75) is 26.3 Å². The summed E-state index contributed by atoms with van der Waals surface area (Å²) in [6.45, 7) is 2.47. The van der Waals surface area contributed by atoms with Crippen LogP contribution < -0.4 is 14.8 Å². The molecule has 3 aromatic rings. The van der Waals surface area contributed by atoms with E-state index < -0.39 is 0 Å². The predicted molar refractivity (Wildman–Crippen MR) is 114 cm³/mol. The highest BCUT2D eigenvalue weighted by Gasteiger charge is 2.04. The molecule has 0 heterocycles. The average molecular weight is 391 g/mol. The predicted octanol–water partition coefficient (Wildman–Crippen LogP) is 4.53. The normalized spacial score (nSPS) is 10.6. The molecule has 0 unspecified atom stereocenters. The van der Waals surface area contributed by atoms with E-state index in [-0.39, 0.29) is 11.7 Å². The first-order chi connectivity index (χ1) is 14.0. The summed E-state index contributed by atoms with van der Waals surface area (Å²) >= 11 is 0. The SMILES string of the molecule is COc1ccc2cc(CNC(=O)CCCOc3ccc(C(C)=O)cc3)ccc2c1. The van der Waals surface area contributed by atoms with Crippen LogP contribution in [0, 0.1) is 0 Å². The molecule has 5 heteroatoms. The van der Waals surface area contributed by atoms with Gasteiger partial charge in [0.2, 0.25) is 5.91 Å². The van der Waals surface area contributed by atoms with Gasteiger partial charge in [-0.1, -0.05) is 18.2 Å². The van der Waals surface area contributed by atoms with Crippen molar-refractivity contribution in [3.8, 4) is 11.5 Å². The molecule has 0 aromatic heterocycles. The molecule has 3 rings (SSSR count). The lowest BCUT2D eigenvalue weighted by Crippen LogP contribution is -2.22. The minimum Gasteiger partial charge on any atom is -0.497 e. The third kappa shape index (κ3) is 5.82. The Labute approximate surface area is 170 Å². The Bertz CT molecular complexity index is 995. The Hall–Kier alpha value is -3.34. The second-order valence-corrected chi connectivity index (χ2v) is 6.86. The van der Waals surface area contributed by atoms with Crippen molar-refractivity contribution in [3.63, 3.8) is 0 Å². The van der Waals surface area contributed by atoms with E-state index >= 15 is 0 Å². The highest BCUT2D eigenvalue weighted by atomic mass is 16.5. The lowest BCUT2D eigenvalue weighted by Gasteiger charge is -2.09. The zero-order chi connectivity index (χ0) is 20.6. The van der Waals surface area contributed by atoms with Gasteiger partial charge in [-0.2, -0.15) is 0 Å². The van der Waals surface area contributed by atoms with Gasteiger partial charge in [0.15, 0.2) is 5.78 Å². The molecule has 0 spiro atoms. The van der Waals surface area contributed by atoms with Gasteiger partial charge in [0, 0.05) is 18.5 Å². The van der Waals surface area contributed by atoms with Crippen LogP contribution in [0.2, 0.25) is 0 Å². The third-order valence-electron chi connectivity index (χ3n) is 4.68. The number of methoxy groups -OCH3 is 1. The maximum atomic E-state index is 12.1. The third-order valence-corrected chi connectivity index (χ3v) is 4.68. The molecule has 0 saturated carbocycles. The first-order valence-electron chi connectivity index (χ1n) is 9.62.